The Balaban J connectivity index is 1.27. The maximum absolute atomic E-state index is 9.30. The number of rotatable bonds is 7. The molecule has 0 spiro atoms. The molecule has 0 aromatic carbocycles. The van der Waals surface area contributed by atoms with Crippen LogP contribution in [0.2, 0.25) is 0 Å². The summed E-state index contributed by atoms with van der Waals surface area (Å²) < 4.78 is 8.98. The van der Waals surface area contributed by atoms with Crippen LogP contribution in [0.4, 0.5) is 5.69 Å². The SMILES string of the molecule is N#Cc1ccnc(SN[C@H]2C[C@@H](Nc3c(-c4nc(CO)co4)cnc4[nH]ccc34)C2)c1. The molecule has 0 aliphatic heterocycles. The summed E-state index contributed by atoms with van der Waals surface area (Å²) in [4.78, 5) is 16.2. The highest BCUT2D eigenvalue weighted by Gasteiger charge is 2.30. The molecule has 31 heavy (non-hydrogen) atoms. The highest BCUT2D eigenvalue weighted by molar-refractivity contribution is 7.97. The first-order chi connectivity index (χ1) is 15.2. The number of anilines is 1. The van der Waals surface area contributed by atoms with Gasteiger partial charge in [0.15, 0.2) is 0 Å². The molecular formula is C21H19N7O2S. The average molecular weight is 433 g/mol. The molecule has 0 radical (unpaired) electrons. The monoisotopic (exact) mass is 433 g/mol. The first-order valence-corrected chi connectivity index (χ1v) is 10.6. The molecule has 0 amide bonds. The van der Waals surface area contributed by atoms with Gasteiger partial charge in [0.05, 0.1) is 29.5 Å². The van der Waals surface area contributed by atoms with Crippen molar-refractivity contribution in [3.8, 4) is 17.5 Å². The van der Waals surface area contributed by atoms with E-state index in [-0.39, 0.29) is 12.6 Å². The predicted octanol–water partition coefficient (Wildman–Crippen LogP) is 3.22. The first-order valence-electron chi connectivity index (χ1n) is 9.80. The van der Waals surface area contributed by atoms with Crippen LogP contribution in [-0.4, -0.2) is 37.1 Å². The van der Waals surface area contributed by atoms with E-state index in [1.54, 1.807) is 24.5 Å². The third kappa shape index (κ3) is 3.98. The third-order valence-corrected chi connectivity index (χ3v) is 6.09. The molecule has 4 N–H and O–H groups in total. The van der Waals surface area contributed by atoms with Crippen molar-refractivity contribution in [3.63, 3.8) is 0 Å². The highest BCUT2D eigenvalue weighted by Crippen LogP contribution is 2.36. The number of nitrogens with zero attached hydrogens (tertiary/aromatic N) is 4. The van der Waals surface area contributed by atoms with Gasteiger partial charge in [-0.15, -0.1) is 0 Å². The number of aliphatic hydroxyl groups is 1. The summed E-state index contributed by atoms with van der Waals surface area (Å²) in [5, 5.41) is 23.7. The van der Waals surface area contributed by atoms with Crippen molar-refractivity contribution in [2.45, 2.75) is 36.6 Å². The molecule has 9 nitrogen and oxygen atoms in total. The zero-order chi connectivity index (χ0) is 21.2. The lowest BCUT2D eigenvalue weighted by molar-refractivity contribution is 0.276. The molecule has 0 bridgehead atoms. The standard InChI is InChI=1S/C21H19N7O2S/c22-8-12-1-3-23-18(5-12)31-28-14-6-13(7-14)26-19-16-2-4-24-20(16)25-9-17(19)21-27-15(10-29)11-30-21/h1-5,9,11,13-14,28-29H,6-7,10H2,(H2,24,25,26)/t13-,14+. The molecule has 1 aliphatic carbocycles. The van der Waals surface area contributed by atoms with Gasteiger partial charge in [-0.1, -0.05) is 0 Å². The molecule has 0 atom stereocenters. The lowest BCUT2D eigenvalue weighted by atomic mass is 9.87. The second-order valence-electron chi connectivity index (χ2n) is 7.31. The summed E-state index contributed by atoms with van der Waals surface area (Å²) in [5.41, 5.74) is 3.54. The van der Waals surface area contributed by atoms with Crippen molar-refractivity contribution in [1.82, 2.24) is 24.7 Å². The molecule has 1 fully saturated rings. The maximum Gasteiger partial charge on any atom is 0.229 e. The van der Waals surface area contributed by atoms with E-state index in [4.69, 9.17) is 9.68 Å². The van der Waals surface area contributed by atoms with Crippen LogP contribution in [0.5, 0.6) is 0 Å². The Morgan fingerprint density at radius 3 is 3.00 bits per heavy atom. The van der Waals surface area contributed by atoms with Gasteiger partial charge < -0.3 is 19.8 Å². The second kappa shape index (κ2) is 8.39. The van der Waals surface area contributed by atoms with E-state index >= 15 is 0 Å². The number of aliphatic hydroxyl groups excluding tert-OH is 1. The minimum Gasteiger partial charge on any atom is -0.444 e. The Hall–Kier alpha value is -3.39. The van der Waals surface area contributed by atoms with Gasteiger partial charge in [0.1, 0.15) is 22.6 Å². The van der Waals surface area contributed by atoms with E-state index in [2.05, 4.69) is 36.0 Å². The number of fused-ring (bicyclic) bond motifs is 1. The van der Waals surface area contributed by atoms with Crippen LogP contribution in [-0.2, 0) is 6.61 Å². The fraction of sp³-hybridized carbons (Fsp3) is 0.238. The number of H-pyrrole nitrogens is 1. The minimum absolute atomic E-state index is 0.175. The van der Waals surface area contributed by atoms with E-state index < -0.39 is 0 Å². The molecule has 1 saturated carbocycles. The molecule has 1 aliphatic rings. The first kappa shape index (κ1) is 19.6. The lowest BCUT2D eigenvalue weighted by Crippen LogP contribution is -2.45. The van der Waals surface area contributed by atoms with Gasteiger partial charge in [-0.3, -0.25) is 4.72 Å². The molecule has 10 heteroatoms. The Labute approximate surface area is 182 Å². The molecule has 4 aromatic rings. The Morgan fingerprint density at radius 1 is 1.29 bits per heavy atom. The molecule has 4 aromatic heterocycles. The summed E-state index contributed by atoms with van der Waals surface area (Å²) in [5.74, 6) is 0.426. The normalized spacial score (nSPS) is 17.9. The number of hydrogen-bond donors (Lipinski definition) is 4. The van der Waals surface area contributed by atoms with Gasteiger partial charge in [0.2, 0.25) is 5.89 Å². The number of pyridine rings is 2. The van der Waals surface area contributed by atoms with E-state index in [1.165, 1.54) is 18.2 Å². The number of aromatic nitrogens is 4. The van der Waals surface area contributed by atoms with Crippen LogP contribution in [0.3, 0.4) is 0 Å². The number of oxazole rings is 1. The van der Waals surface area contributed by atoms with Gasteiger partial charge in [-0.2, -0.15) is 5.26 Å². The van der Waals surface area contributed by atoms with Gasteiger partial charge in [-0.05, 0) is 43.0 Å². The van der Waals surface area contributed by atoms with Crippen molar-refractivity contribution in [3.05, 3.63) is 54.3 Å². The fourth-order valence-corrected chi connectivity index (χ4v) is 4.32. The maximum atomic E-state index is 9.30. The Morgan fingerprint density at radius 2 is 2.19 bits per heavy atom. The molecule has 5 rings (SSSR count). The fourth-order valence-electron chi connectivity index (χ4n) is 3.54. The molecule has 156 valence electrons. The van der Waals surface area contributed by atoms with Crippen LogP contribution in [0.1, 0.15) is 24.1 Å². The van der Waals surface area contributed by atoms with Crippen molar-refractivity contribution >= 4 is 28.7 Å². The van der Waals surface area contributed by atoms with E-state index in [0.717, 1.165) is 40.2 Å². The van der Waals surface area contributed by atoms with Gasteiger partial charge in [0, 0.05) is 36.1 Å². The zero-order valence-electron chi connectivity index (χ0n) is 16.4. The molecule has 0 unspecified atom stereocenters. The zero-order valence-corrected chi connectivity index (χ0v) is 17.2. The summed E-state index contributed by atoms with van der Waals surface area (Å²) in [6.07, 6.45) is 8.55. The van der Waals surface area contributed by atoms with Gasteiger partial charge in [-0.25, -0.2) is 15.0 Å². The second-order valence-corrected chi connectivity index (χ2v) is 8.17. The van der Waals surface area contributed by atoms with Crippen molar-refractivity contribution < 1.29 is 9.52 Å². The lowest BCUT2D eigenvalue weighted by Gasteiger charge is -2.37. The largest absolute Gasteiger partial charge is 0.444 e. The Bertz CT molecular complexity index is 1260. The van der Waals surface area contributed by atoms with E-state index in [0.29, 0.717) is 23.2 Å². The quantitative estimate of drug-likeness (QED) is 0.324. The molecule has 0 saturated heterocycles. The Kier molecular flexibility index (Phi) is 5.30. The third-order valence-electron chi connectivity index (χ3n) is 5.21. The van der Waals surface area contributed by atoms with Crippen molar-refractivity contribution in [2.24, 2.45) is 0 Å². The summed E-state index contributed by atoms with van der Waals surface area (Å²) >= 11 is 1.45. The minimum atomic E-state index is -0.175. The van der Waals surface area contributed by atoms with Crippen molar-refractivity contribution in [2.75, 3.05) is 5.32 Å². The van der Waals surface area contributed by atoms with Crippen LogP contribution < -0.4 is 10.0 Å². The van der Waals surface area contributed by atoms with Crippen LogP contribution in [0.15, 0.2) is 52.5 Å². The molecule has 4 heterocycles. The van der Waals surface area contributed by atoms with Crippen molar-refractivity contribution in [1.29, 1.82) is 5.26 Å². The number of nitrogens with one attached hydrogen (secondary N) is 3. The molecular weight excluding hydrogens is 414 g/mol. The summed E-state index contributed by atoms with van der Waals surface area (Å²) in [7, 11) is 0. The topological polar surface area (TPSA) is 136 Å². The predicted molar refractivity (Wildman–Crippen MR) is 116 cm³/mol. The van der Waals surface area contributed by atoms with Gasteiger partial charge in [0.25, 0.3) is 0 Å². The average Bonchev–Trinajstić information content (AvgIpc) is 3.44. The summed E-state index contributed by atoms with van der Waals surface area (Å²) in [6.45, 7) is -0.175. The van der Waals surface area contributed by atoms with Gasteiger partial charge >= 0.3 is 0 Å². The van der Waals surface area contributed by atoms with E-state index in [9.17, 15) is 5.11 Å². The van der Waals surface area contributed by atoms with Crippen LogP contribution in [0, 0.1) is 11.3 Å². The summed E-state index contributed by atoms with van der Waals surface area (Å²) in [6, 6.07) is 8.19. The van der Waals surface area contributed by atoms with Crippen LogP contribution >= 0.6 is 11.9 Å². The number of nitriles is 1. The number of hydrogen-bond acceptors (Lipinski definition) is 9. The highest BCUT2D eigenvalue weighted by atomic mass is 32.2. The van der Waals surface area contributed by atoms with Crippen LogP contribution in [0.25, 0.3) is 22.5 Å². The van der Waals surface area contributed by atoms with E-state index in [1.807, 2.05) is 12.3 Å². The number of aromatic amines is 1. The smallest absolute Gasteiger partial charge is 0.229 e.